The Morgan fingerprint density at radius 1 is 1.04 bits per heavy atom. The quantitative estimate of drug-likeness (QED) is 0.702. The molecule has 1 aromatic rings. The van der Waals surface area contributed by atoms with Crippen molar-refractivity contribution in [3.8, 4) is 0 Å². The highest BCUT2D eigenvalue weighted by molar-refractivity contribution is 5.76. The van der Waals surface area contributed by atoms with E-state index in [1.807, 2.05) is 12.4 Å². The fourth-order valence-electron chi connectivity index (χ4n) is 5.05. The first-order chi connectivity index (χ1) is 13.8. The van der Waals surface area contributed by atoms with Gasteiger partial charge >= 0.3 is 0 Å². The van der Waals surface area contributed by atoms with Crippen LogP contribution in [-0.4, -0.2) is 41.6 Å². The summed E-state index contributed by atoms with van der Waals surface area (Å²) in [4.78, 5) is 18.9. The summed E-state index contributed by atoms with van der Waals surface area (Å²) in [5, 5.41) is 3.22. The molecule has 2 atom stereocenters. The molecule has 3 N–H and O–H groups in total. The summed E-state index contributed by atoms with van der Waals surface area (Å²) >= 11 is 0. The number of hydrogen-bond acceptors (Lipinski definition) is 5. The number of nitrogens with zero attached hydrogens (tertiary/aromatic N) is 2. The number of pyridine rings is 1. The molecule has 28 heavy (non-hydrogen) atoms. The van der Waals surface area contributed by atoms with Crippen molar-refractivity contribution in [3.05, 3.63) is 30.1 Å². The summed E-state index contributed by atoms with van der Waals surface area (Å²) in [6, 6.07) is 4.53. The van der Waals surface area contributed by atoms with Gasteiger partial charge in [0.05, 0.1) is 6.17 Å². The minimum atomic E-state index is 0.274. The summed E-state index contributed by atoms with van der Waals surface area (Å²) in [6.07, 6.45) is 14.7. The Morgan fingerprint density at radius 2 is 1.79 bits per heavy atom. The number of piperidine rings is 1. The summed E-state index contributed by atoms with van der Waals surface area (Å²) in [7, 11) is 0. The van der Waals surface area contributed by atoms with Gasteiger partial charge in [0.25, 0.3) is 0 Å². The molecule has 6 heteroatoms. The van der Waals surface area contributed by atoms with Crippen molar-refractivity contribution in [3.63, 3.8) is 0 Å². The molecule has 3 heterocycles. The van der Waals surface area contributed by atoms with E-state index in [9.17, 15) is 4.79 Å². The van der Waals surface area contributed by atoms with Gasteiger partial charge in [0.2, 0.25) is 5.91 Å². The van der Waals surface area contributed by atoms with Crippen LogP contribution in [0.2, 0.25) is 0 Å². The highest BCUT2D eigenvalue weighted by Gasteiger charge is 2.32. The summed E-state index contributed by atoms with van der Waals surface area (Å²) in [5.41, 5.74) is 8.20. The number of amides is 1. The highest BCUT2D eigenvalue weighted by atomic mass is 16.1. The SMILES string of the molecule is O=C(CC1CCCCC1)NCC1CCN(C2CC(c3ccncc3)NN2)CC1. The second-order valence-electron chi connectivity index (χ2n) is 8.86. The topological polar surface area (TPSA) is 69.3 Å². The zero-order valence-electron chi connectivity index (χ0n) is 16.9. The van der Waals surface area contributed by atoms with Gasteiger partial charge in [-0.1, -0.05) is 19.3 Å². The highest BCUT2D eigenvalue weighted by Crippen LogP contribution is 2.27. The van der Waals surface area contributed by atoms with E-state index in [1.54, 1.807) is 0 Å². The van der Waals surface area contributed by atoms with Crippen LogP contribution in [0.3, 0.4) is 0 Å². The fourth-order valence-corrected chi connectivity index (χ4v) is 5.05. The van der Waals surface area contributed by atoms with Gasteiger partial charge in [-0.3, -0.25) is 14.7 Å². The molecule has 154 valence electrons. The Balaban J connectivity index is 1.14. The summed E-state index contributed by atoms with van der Waals surface area (Å²) in [5.74, 6) is 1.53. The molecule has 0 aromatic carbocycles. The maximum Gasteiger partial charge on any atom is 0.220 e. The van der Waals surface area contributed by atoms with Gasteiger partial charge in [0.15, 0.2) is 0 Å². The van der Waals surface area contributed by atoms with Crippen molar-refractivity contribution in [2.45, 2.75) is 70.0 Å². The van der Waals surface area contributed by atoms with Crippen LogP contribution in [-0.2, 0) is 4.79 Å². The van der Waals surface area contributed by atoms with Crippen molar-refractivity contribution in [2.75, 3.05) is 19.6 Å². The van der Waals surface area contributed by atoms with E-state index in [1.165, 1.54) is 50.5 Å². The zero-order valence-corrected chi connectivity index (χ0v) is 16.9. The lowest BCUT2D eigenvalue weighted by Crippen LogP contribution is -2.49. The molecule has 1 amide bonds. The van der Waals surface area contributed by atoms with E-state index in [-0.39, 0.29) is 5.91 Å². The number of rotatable bonds is 6. The van der Waals surface area contributed by atoms with Crippen LogP contribution < -0.4 is 16.2 Å². The third-order valence-corrected chi connectivity index (χ3v) is 6.87. The molecule has 1 aromatic heterocycles. The van der Waals surface area contributed by atoms with Gasteiger partial charge in [-0.2, -0.15) is 0 Å². The maximum atomic E-state index is 12.3. The van der Waals surface area contributed by atoms with E-state index in [0.29, 0.717) is 24.0 Å². The van der Waals surface area contributed by atoms with Crippen LogP contribution in [0, 0.1) is 11.8 Å². The Labute approximate surface area is 168 Å². The third-order valence-electron chi connectivity index (χ3n) is 6.87. The minimum Gasteiger partial charge on any atom is -0.356 e. The number of aromatic nitrogens is 1. The average Bonchev–Trinajstić information content (AvgIpc) is 3.24. The van der Waals surface area contributed by atoms with Crippen molar-refractivity contribution < 1.29 is 4.79 Å². The first kappa shape index (κ1) is 19.8. The Hall–Kier alpha value is -1.50. The number of nitrogens with one attached hydrogen (secondary N) is 3. The van der Waals surface area contributed by atoms with Gasteiger partial charge in [0.1, 0.15) is 0 Å². The maximum absolute atomic E-state index is 12.3. The van der Waals surface area contributed by atoms with E-state index < -0.39 is 0 Å². The van der Waals surface area contributed by atoms with Crippen LogP contribution in [0.4, 0.5) is 0 Å². The minimum absolute atomic E-state index is 0.274. The standard InChI is InChI=1S/C22H35N5O/c28-22(14-17-4-2-1-3-5-17)24-16-18-8-12-27(13-9-18)21-15-20(25-26-21)19-6-10-23-11-7-19/h6-7,10-11,17-18,20-21,25-26H,1-5,8-9,12-16H2,(H,24,28). The van der Waals surface area contributed by atoms with E-state index in [2.05, 4.69) is 38.2 Å². The van der Waals surface area contributed by atoms with Crippen molar-refractivity contribution in [1.82, 2.24) is 26.1 Å². The Kier molecular flexibility index (Phi) is 6.94. The summed E-state index contributed by atoms with van der Waals surface area (Å²) in [6.45, 7) is 3.06. The Morgan fingerprint density at radius 3 is 2.54 bits per heavy atom. The van der Waals surface area contributed by atoms with Gasteiger partial charge in [-0.05, 0) is 74.7 Å². The van der Waals surface area contributed by atoms with Gasteiger partial charge in [0, 0.05) is 31.4 Å². The molecule has 2 saturated heterocycles. The molecule has 2 unspecified atom stereocenters. The molecule has 0 radical (unpaired) electrons. The molecular weight excluding hydrogens is 350 g/mol. The molecular formula is C22H35N5O. The third kappa shape index (κ3) is 5.31. The monoisotopic (exact) mass is 385 g/mol. The van der Waals surface area contributed by atoms with Crippen molar-refractivity contribution in [1.29, 1.82) is 0 Å². The first-order valence-corrected chi connectivity index (χ1v) is 11.2. The zero-order chi connectivity index (χ0) is 19.2. The number of hydrazine groups is 1. The van der Waals surface area contributed by atoms with Crippen LogP contribution >= 0.6 is 0 Å². The molecule has 1 saturated carbocycles. The average molecular weight is 386 g/mol. The van der Waals surface area contributed by atoms with E-state index in [4.69, 9.17) is 0 Å². The largest absolute Gasteiger partial charge is 0.356 e. The van der Waals surface area contributed by atoms with Crippen LogP contribution in [0.1, 0.15) is 69.4 Å². The van der Waals surface area contributed by atoms with E-state index in [0.717, 1.165) is 32.5 Å². The van der Waals surface area contributed by atoms with Crippen LogP contribution in [0.5, 0.6) is 0 Å². The molecule has 2 aliphatic heterocycles. The smallest absolute Gasteiger partial charge is 0.220 e. The molecule has 6 nitrogen and oxygen atoms in total. The predicted molar refractivity (Wildman–Crippen MR) is 110 cm³/mol. The predicted octanol–water partition coefficient (Wildman–Crippen LogP) is 2.75. The van der Waals surface area contributed by atoms with Crippen molar-refractivity contribution >= 4 is 5.91 Å². The first-order valence-electron chi connectivity index (χ1n) is 11.2. The molecule has 4 rings (SSSR count). The second-order valence-corrected chi connectivity index (χ2v) is 8.86. The van der Waals surface area contributed by atoms with Crippen LogP contribution in [0.15, 0.2) is 24.5 Å². The normalized spacial score (nSPS) is 27.7. The molecule has 0 bridgehead atoms. The number of likely N-dealkylation sites (tertiary alicyclic amines) is 1. The lowest BCUT2D eigenvalue weighted by atomic mass is 9.87. The van der Waals surface area contributed by atoms with Crippen molar-refractivity contribution in [2.24, 2.45) is 11.8 Å². The number of hydrogen-bond donors (Lipinski definition) is 3. The summed E-state index contributed by atoms with van der Waals surface area (Å²) < 4.78 is 0. The van der Waals surface area contributed by atoms with Gasteiger partial charge < -0.3 is 5.32 Å². The molecule has 3 aliphatic rings. The molecule has 3 fully saturated rings. The second kappa shape index (κ2) is 9.81. The lowest BCUT2D eigenvalue weighted by molar-refractivity contribution is -0.122. The fraction of sp³-hybridized carbons (Fsp3) is 0.727. The lowest BCUT2D eigenvalue weighted by Gasteiger charge is -2.35. The number of carbonyl (C=O) groups is 1. The molecule has 1 aliphatic carbocycles. The number of carbonyl (C=O) groups excluding carboxylic acids is 1. The van der Waals surface area contributed by atoms with Gasteiger partial charge in [-0.15, -0.1) is 0 Å². The van der Waals surface area contributed by atoms with Gasteiger partial charge in [-0.25, -0.2) is 10.9 Å². The van der Waals surface area contributed by atoms with E-state index >= 15 is 0 Å². The Bertz CT molecular complexity index is 611. The van der Waals surface area contributed by atoms with Crippen LogP contribution in [0.25, 0.3) is 0 Å². The molecule has 0 spiro atoms.